The number of phenols is 2. The van der Waals surface area contributed by atoms with Crippen LogP contribution < -0.4 is 0 Å². The van der Waals surface area contributed by atoms with Gasteiger partial charge in [-0.05, 0) is 35.1 Å². The van der Waals surface area contributed by atoms with Crippen LogP contribution in [-0.2, 0) is 26.2 Å². The van der Waals surface area contributed by atoms with Crippen LogP contribution in [0.4, 0.5) is 0 Å². The molecular formula is C28H34O2Zr. The Balaban J connectivity index is 0.000000401. The van der Waals surface area contributed by atoms with E-state index in [-0.39, 0.29) is 26.2 Å². The number of benzene rings is 2. The van der Waals surface area contributed by atoms with Gasteiger partial charge in [-0.25, -0.2) is 24.3 Å². The predicted molar refractivity (Wildman–Crippen MR) is 128 cm³/mol. The second-order valence-corrected chi connectivity index (χ2v) is 7.35. The van der Waals surface area contributed by atoms with Crippen molar-refractivity contribution in [1.29, 1.82) is 0 Å². The zero-order valence-electron chi connectivity index (χ0n) is 18.9. The van der Waals surface area contributed by atoms with Gasteiger partial charge in [0.15, 0.2) is 0 Å². The fourth-order valence-corrected chi connectivity index (χ4v) is 2.59. The summed E-state index contributed by atoms with van der Waals surface area (Å²) < 4.78 is 0. The maximum atomic E-state index is 9.28. The van der Waals surface area contributed by atoms with Crippen LogP contribution in [0.2, 0.25) is 0 Å². The predicted octanol–water partition coefficient (Wildman–Crippen LogP) is 7.84. The van der Waals surface area contributed by atoms with Crippen molar-refractivity contribution in [3.05, 3.63) is 120 Å². The summed E-state index contributed by atoms with van der Waals surface area (Å²) in [6.07, 6.45) is 0. The Hall–Kier alpha value is -2.38. The van der Waals surface area contributed by atoms with Crippen molar-refractivity contribution >= 4 is 0 Å². The minimum Gasteiger partial charge on any atom is -0.508 e. The molecule has 3 heteroatoms. The summed E-state index contributed by atoms with van der Waals surface area (Å²) in [6.45, 7) is 8.26. The van der Waals surface area contributed by atoms with Crippen molar-refractivity contribution in [2.75, 3.05) is 0 Å². The summed E-state index contributed by atoms with van der Waals surface area (Å²) >= 11 is 0. The topological polar surface area (TPSA) is 40.5 Å². The molecule has 4 rings (SSSR count). The van der Waals surface area contributed by atoms with Crippen LogP contribution in [0.5, 0.6) is 11.5 Å². The minimum atomic E-state index is 0. The molecule has 0 saturated carbocycles. The molecule has 0 amide bonds. The number of aromatic hydroxyl groups is 2. The molecule has 0 aliphatic carbocycles. The van der Waals surface area contributed by atoms with E-state index in [1.54, 1.807) is 12.1 Å². The molecule has 4 aromatic rings. The normalized spacial score (nSPS) is 9.23. The SMILES string of the molecule is CC(C)c1ccccc1O.CC(C)c1ccccc1O.[Zr+2].c1cc[cH-]c1.c1cc[cH-]c1. The Morgan fingerprint density at radius 2 is 0.806 bits per heavy atom. The molecule has 0 unspecified atom stereocenters. The average Bonchev–Trinajstić information content (AvgIpc) is 3.47. The molecule has 2 N–H and O–H groups in total. The Morgan fingerprint density at radius 1 is 0.516 bits per heavy atom. The van der Waals surface area contributed by atoms with Gasteiger partial charge in [0, 0.05) is 0 Å². The first-order chi connectivity index (χ1) is 14.4. The number of rotatable bonds is 2. The molecule has 0 aliphatic heterocycles. The Morgan fingerprint density at radius 3 is 0.968 bits per heavy atom. The number of para-hydroxylation sites is 2. The maximum Gasteiger partial charge on any atom is 2.00 e. The van der Waals surface area contributed by atoms with E-state index >= 15 is 0 Å². The first-order valence-corrected chi connectivity index (χ1v) is 10.3. The summed E-state index contributed by atoms with van der Waals surface area (Å²) in [5, 5.41) is 18.6. The van der Waals surface area contributed by atoms with E-state index in [1.807, 2.05) is 97.1 Å². The summed E-state index contributed by atoms with van der Waals surface area (Å²) in [5.74, 6) is 1.61. The quantitative estimate of drug-likeness (QED) is 0.279. The second kappa shape index (κ2) is 17.3. The van der Waals surface area contributed by atoms with Gasteiger partial charge in [-0.2, -0.15) is 36.4 Å². The van der Waals surface area contributed by atoms with Crippen LogP contribution in [0.25, 0.3) is 0 Å². The van der Waals surface area contributed by atoms with E-state index < -0.39 is 0 Å². The van der Waals surface area contributed by atoms with E-state index in [9.17, 15) is 10.2 Å². The standard InChI is InChI=1S/2C9H12O.2C5H5.Zr/c2*1-7(2)8-5-3-4-6-9(8)10;2*1-2-4-5-3-1;/h2*3-7,10H,1-2H3;2*1-5H;/q;;2*-1;+2. The molecule has 31 heavy (non-hydrogen) atoms. The first kappa shape index (κ1) is 28.6. The third kappa shape index (κ3) is 12.8. The molecule has 0 bridgehead atoms. The Labute approximate surface area is 207 Å². The Bertz CT molecular complexity index is 769. The van der Waals surface area contributed by atoms with E-state index in [4.69, 9.17) is 0 Å². The molecule has 162 valence electrons. The molecule has 4 aromatic carbocycles. The molecule has 2 nitrogen and oxygen atoms in total. The molecule has 0 spiro atoms. The van der Waals surface area contributed by atoms with Crippen molar-refractivity contribution in [2.45, 2.75) is 39.5 Å². The zero-order valence-corrected chi connectivity index (χ0v) is 21.4. The van der Waals surface area contributed by atoms with Gasteiger partial charge in [-0.3, -0.25) is 0 Å². The number of hydrogen-bond acceptors (Lipinski definition) is 2. The minimum absolute atomic E-state index is 0. The number of phenolic OH excluding ortho intramolecular Hbond substituents is 2. The molecule has 0 atom stereocenters. The Kier molecular flexibility index (Phi) is 16.0. The summed E-state index contributed by atoms with van der Waals surface area (Å²) in [5.41, 5.74) is 2.03. The van der Waals surface area contributed by atoms with Crippen molar-refractivity contribution in [2.24, 2.45) is 0 Å². The first-order valence-electron chi connectivity index (χ1n) is 10.3. The van der Waals surface area contributed by atoms with Gasteiger partial charge >= 0.3 is 26.2 Å². The fraction of sp³-hybridized carbons (Fsp3) is 0.214. The van der Waals surface area contributed by atoms with Gasteiger partial charge in [0.1, 0.15) is 11.5 Å². The summed E-state index contributed by atoms with van der Waals surface area (Å²) in [6, 6.07) is 34.9. The van der Waals surface area contributed by atoms with Crippen LogP contribution in [-0.4, -0.2) is 10.2 Å². The van der Waals surface area contributed by atoms with Gasteiger partial charge in [0.2, 0.25) is 0 Å². The smallest absolute Gasteiger partial charge is 0.508 e. The second-order valence-electron chi connectivity index (χ2n) is 7.35. The third-order valence-electron chi connectivity index (χ3n) is 4.23. The maximum absolute atomic E-state index is 9.28. The van der Waals surface area contributed by atoms with E-state index in [0.29, 0.717) is 23.3 Å². The van der Waals surface area contributed by atoms with Crippen molar-refractivity contribution in [3.8, 4) is 11.5 Å². The van der Waals surface area contributed by atoms with Crippen molar-refractivity contribution in [3.63, 3.8) is 0 Å². The van der Waals surface area contributed by atoms with Crippen molar-refractivity contribution < 1.29 is 36.4 Å². The fourth-order valence-electron chi connectivity index (χ4n) is 2.59. The van der Waals surface area contributed by atoms with E-state index in [1.165, 1.54) is 0 Å². The van der Waals surface area contributed by atoms with E-state index in [2.05, 4.69) is 27.7 Å². The van der Waals surface area contributed by atoms with Gasteiger partial charge in [0.05, 0.1) is 0 Å². The van der Waals surface area contributed by atoms with Gasteiger partial charge in [0.25, 0.3) is 0 Å². The van der Waals surface area contributed by atoms with Crippen LogP contribution in [0.3, 0.4) is 0 Å². The largest absolute Gasteiger partial charge is 2.00 e. The zero-order chi connectivity index (χ0) is 22.2. The number of hydrogen-bond donors (Lipinski definition) is 2. The van der Waals surface area contributed by atoms with E-state index in [0.717, 1.165) is 11.1 Å². The third-order valence-corrected chi connectivity index (χ3v) is 4.23. The van der Waals surface area contributed by atoms with Crippen LogP contribution in [0.1, 0.15) is 50.7 Å². The van der Waals surface area contributed by atoms with Crippen LogP contribution in [0.15, 0.2) is 109 Å². The molecule has 0 fully saturated rings. The van der Waals surface area contributed by atoms with Gasteiger partial charge in [-0.1, -0.05) is 64.1 Å². The molecule has 0 heterocycles. The molecular weight excluding hydrogens is 460 g/mol. The summed E-state index contributed by atoms with van der Waals surface area (Å²) in [7, 11) is 0. The molecule has 0 aromatic heterocycles. The van der Waals surface area contributed by atoms with Gasteiger partial charge in [-0.15, -0.1) is 0 Å². The molecule has 0 radical (unpaired) electrons. The molecule has 0 saturated heterocycles. The van der Waals surface area contributed by atoms with Crippen molar-refractivity contribution in [1.82, 2.24) is 0 Å². The molecule has 0 aliphatic rings. The van der Waals surface area contributed by atoms with Crippen LogP contribution in [0, 0.1) is 0 Å². The average molecular weight is 494 g/mol. The monoisotopic (exact) mass is 492 g/mol. The van der Waals surface area contributed by atoms with Gasteiger partial charge < -0.3 is 10.2 Å². The summed E-state index contributed by atoms with van der Waals surface area (Å²) in [4.78, 5) is 0. The van der Waals surface area contributed by atoms with Crippen LogP contribution >= 0.6 is 0 Å².